The van der Waals surface area contributed by atoms with Crippen LogP contribution in [0.3, 0.4) is 0 Å². The zero-order valence-corrected chi connectivity index (χ0v) is 12.8. The molecule has 2 aromatic carbocycles. The monoisotopic (exact) mass is 279 g/mol. The van der Waals surface area contributed by atoms with Gasteiger partial charge in [0.2, 0.25) is 5.91 Å². The highest BCUT2D eigenvalue weighted by Crippen LogP contribution is 2.50. The lowest BCUT2D eigenvalue weighted by atomic mass is 9.67. The van der Waals surface area contributed by atoms with Gasteiger partial charge in [0.15, 0.2) is 0 Å². The molecule has 1 fully saturated rings. The van der Waals surface area contributed by atoms with Crippen LogP contribution in [0, 0.1) is 11.3 Å². The molecular weight excluding hydrogens is 258 g/mol. The fourth-order valence-electron chi connectivity index (χ4n) is 3.20. The van der Waals surface area contributed by atoms with Gasteiger partial charge in [-0.15, -0.1) is 0 Å². The third-order valence-electron chi connectivity index (χ3n) is 4.21. The Morgan fingerprint density at radius 3 is 1.90 bits per heavy atom. The molecule has 1 heterocycles. The molecule has 0 aromatic heterocycles. The van der Waals surface area contributed by atoms with E-state index in [1.807, 2.05) is 53.4 Å². The Hall–Kier alpha value is -2.09. The Balaban J connectivity index is 2.03. The Bertz CT molecular complexity index is 628. The minimum absolute atomic E-state index is 0.0279. The van der Waals surface area contributed by atoms with Crippen molar-refractivity contribution in [2.45, 2.75) is 26.8 Å². The highest BCUT2D eigenvalue weighted by molar-refractivity contribution is 6.03. The molecule has 2 atom stereocenters. The van der Waals surface area contributed by atoms with Crippen molar-refractivity contribution in [2.75, 3.05) is 4.90 Å². The number of hydrogen-bond donors (Lipinski definition) is 0. The summed E-state index contributed by atoms with van der Waals surface area (Å²) in [5.41, 5.74) is 2.15. The molecule has 0 aliphatic carbocycles. The first kappa shape index (κ1) is 13.9. The number of β-lactam (4-membered cyclic amide) rings is 1. The number of amides is 1. The van der Waals surface area contributed by atoms with Crippen molar-refractivity contribution >= 4 is 11.6 Å². The number of carbonyl (C=O) groups is 1. The molecule has 2 heteroatoms. The summed E-state index contributed by atoms with van der Waals surface area (Å²) in [6, 6.07) is 20.4. The Kier molecular flexibility index (Phi) is 3.32. The third kappa shape index (κ3) is 2.35. The van der Waals surface area contributed by atoms with Crippen molar-refractivity contribution in [2.24, 2.45) is 11.3 Å². The molecule has 21 heavy (non-hydrogen) atoms. The SMILES string of the molecule is CC(C)(C)[C@H]1C(=O)N(c2ccccc2)[C@@H]1c1ccccc1. The minimum Gasteiger partial charge on any atom is -0.304 e. The van der Waals surface area contributed by atoms with Gasteiger partial charge in [-0.05, 0) is 23.1 Å². The molecule has 0 N–H and O–H groups in total. The molecule has 2 aromatic rings. The quantitative estimate of drug-likeness (QED) is 0.744. The van der Waals surface area contributed by atoms with E-state index < -0.39 is 0 Å². The Morgan fingerprint density at radius 2 is 1.38 bits per heavy atom. The summed E-state index contributed by atoms with van der Waals surface area (Å²) in [7, 11) is 0. The number of para-hydroxylation sites is 1. The standard InChI is InChI=1S/C19H21NO/c1-19(2,3)16-17(14-10-6-4-7-11-14)20(18(16)21)15-12-8-5-9-13-15/h4-13,16-17H,1-3H3/t16-,17-/m1/s1. The van der Waals surface area contributed by atoms with Gasteiger partial charge >= 0.3 is 0 Å². The average molecular weight is 279 g/mol. The smallest absolute Gasteiger partial charge is 0.233 e. The highest BCUT2D eigenvalue weighted by atomic mass is 16.2. The summed E-state index contributed by atoms with van der Waals surface area (Å²) < 4.78 is 0. The van der Waals surface area contributed by atoms with E-state index in [4.69, 9.17) is 0 Å². The molecule has 108 valence electrons. The second-order valence-corrected chi connectivity index (χ2v) is 6.74. The normalized spacial score (nSPS) is 22.0. The predicted octanol–water partition coefficient (Wildman–Crippen LogP) is 4.44. The number of anilines is 1. The van der Waals surface area contributed by atoms with Crippen LogP contribution in [0.1, 0.15) is 32.4 Å². The van der Waals surface area contributed by atoms with E-state index in [1.165, 1.54) is 5.56 Å². The van der Waals surface area contributed by atoms with E-state index >= 15 is 0 Å². The van der Waals surface area contributed by atoms with Gasteiger partial charge in [-0.25, -0.2) is 0 Å². The van der Waals surface area contributed by atoms with Crippen LogP contribution in [0.25, 0.3) is 0 Å². The molecule has 2 nitrogen and oxygen atoms in total. The van der Waals surface area contributed by atoms with Crippen molar-refractivity contribution in [3.63, 3.8) is 0 Å². The Morgan fingerprint density at radius 1 is 0.857 bits per heavy atom. The zero-order chi connectivity index (χ0) is 15.0. The van der Waals surface area contributed by atoms with Crippen LogP contribution in [0.2, 0.25) is 0 Å². The van der Waals surface area contributed by atoms with E-state index in [0.29, 0.717) is 0 Å². The van der Waals surface area contributed by atoms with Gasteiger partial charge in [0.1, 0.15) is 0 Å². The second-order valence-electron chi connectivity index (χ2n) is 6.74. The molecule has 0 radical (unpaired) electrons. The number of benzene rings is 2. The van der Waals surface area contributed by atoms with Crippen molar-refractivity contribution in [1.82, 2.24) is 0 Å². The van der Waals surface area contributed by atoms with Crippen LogP contribution < -0.4 is 4.90 Å². The van der Waals surface area contributed by atoms with Gasteiger partial charge in [0.25, 0.3) is 0 Å². The van der Waals surface area contributed by atoms with Crippen LogP contribution in [0.5, 0.6) is 0 Å². The first-order valence-corrected chi connectivity index (χ1v) is 7.43. The van der Waals surface area contributed by atoms with Gasteiger partial charge in [-0.3, -0.25) is 4.79 Å². The Labute approximate surface area is 126 Å². The maximum absolute atomic E-state index is 12.7. The van der Waals surface area contributed by atoms with Gasteiger partial charge in [-0.2, -0.15) is 0 Å². The topological polar surface area (TPSA) is 20.3 Å². The number of carbonyl (C=O) groups excluding carboxylic acids is 1. The maximum Gasteiger partial charge on any atom is 0.233 e. The van der Waals surface area contributed by atoms with Crippen LogP contribution in [0.15, 0.2) is 60.7 Å². The van der Waals surface area contributed by atoms with E-state index in [-0.39, 0.29) is 23.3 Å². The number of nitrogens with zero attached hydrogens (tertiary/aromatic N) is 1. The molecule has 0 saturated carbocycles. The summed E-state index contributed by atoms with van der Waals surface area (Å²) in [5, 5.41) is 0. The lowest BCUT2D eigenvalue weighted by Gasteiger charge is -2.52. The molecular formula is C19H21NO. The average Bonchev–Trinajstić information content (AvgIpc) is 2.45. The van der Waals surface area contributed by atoms with Gasteiger partial charge in [0.05, 0.1) is 12.0 Å². The van der Waals surface area contributed by atoms with E-state index in [0.717, 1.165) is 5.69 Å². The van der Waals surface area contributed by atoms with Gasteiger partial charge < -0.3 is 4.90 Å². The van der Waals surface area contributed by atoms with Crippen molar-refractivity contribution in [3.05, 3.63) is 66.2 Å². The van der Waals surface area contributed by atoms with Crippen molar-refractivity contribution in [3.8, 4) is 0 Å². The molecule has 3 rings (SSSR count). The van der Waals surface area contributed by atoms with Crippen molar-refractivity contribution in [1.29, 1.82) is 0 Å². The first-order chi connectivity index (χ1) is 10.00. The summed E-state index contributed by atoms with van der Waals surface area (Å²) in [6.45, 7) is 6.44. The first-order valence-electron chi connectivity index (χ1n) is 7.43. The zero-order valence-electron chi connectivity index (χ0n) is 12.8. The molecule has 1 aliphatic rings. The maximum atomic E-state index is 12.7. The number of rotatable bonds is 2. The van der Waals surface area contributed by atoms with Gasteiger partial charge in [-0.1, -0.05) is 69.3 Å². The second kappa shape index (κ2) is 5.03. The summed E-state index contributed by atoms with van der Waals surface area (Å²) >= 11 is 0. The lowest BCUT2D eigenvalue weighted by molar-refractivity contribution is -0.135. The predicted molar refractivity (Wildman–Crippen MR) is 86.1 cm³/mol. The molecule has 0 bridgehead atoms. The van der Waals surface area contributed by atoms with Crippen LogP contribution >= 0.6 is 0 Å². The highest BCUT2D eigenvalue weighted by Gasteiger charge is 2.53. The van der Waals surface area contributed by atoms with Gasteiger partial charge in [0, 0.05) is 5.69 Å². The fourth-order valence-corrected chi connectivity index (χ4v) is 3.20. The molecule has 1 amide bonds. The summed E-state index contributed by atoms with van der Waals surface area (Å²) in [5.74, 6) is 0.252. The van der Waals surface area contributed by atoms with Crippen molar-refractivity contribution < 1.29 is 4.79 Å². The van der Waals surface area contributed by atoms with E-state index in [9.17, 15) is 4.79 Å². The van der Waals surface area contributed by atoms with E-state index in [1.54, 1.807) is 0 Å². The molecule has 1 aliphatic heterocycles. The number of hydrogen-bond acceptors (Lipinski definition) is 1. The fraction of sp³-hybridized carbons (Fsp3) is 0.316. The molecule has 0 spiro atoms. The summed E-state index contributed by atoms with van der Waals surface area (Å²) in [4.78, 5) is 14.7. The minimum atomic E-state index is -0.0388. The third-order valence-corrected chi connectivity index (χ3v) is 4.21. The summed E-state index contributed by atoms with van der Waals surface area (Å²) in [6.07, 6.45) is 0. The molecule has 1 saturated heterocycles. The lowest BCUT2D eigenvalue weighted by Crippen LogP contribution is -2.59. The van der Waals surface area contributed by atoms with E-state index in [2.05, 4.69) is 32.9 Å². The molecule has 0 unspecified atom stereocenters. The van der Waals surface area contributed by atoms with Crippen LogP contribution in [0.4, 0.5) is 5.69 Å². The van der Waals surface area contributed by atoms with Crippen LogP contribution in [-0.2, 0) is 4.79 Å². The van der Waals surface area contributed by atoms with Crippen LogP contribution in [-0.4, -0.2) is 5.91 Å². The largest absolute Gasteiger partial charge is 0.304 e.